The quantitative estimate of drug-likeness (QED) is 0.349. The first-order valence-corrected chi connectivity index (χ1v) is 10.4. The van der Waals surface area contributed by atoms with Gasteiger partial charge >= 0.3 is 0 Å². The maximum Gasteiger partial charge on any atom is 0.274 e. The minimum Gasteiger partial charge on any atom is -0.345 e. The van der Waals surface area contributed by atoms with Gasteiger partial charge in [0.1, 0.15) is 0 Å². The SMILES string of the molecule is O=C(NCc1ccccn1)c1nnn(-c2ccc(Cl)cc2)c1CSc1ncccn1. The second-order valence-electron chi connectivity index (χ2n) is 6.10. The average molecular weight is 438 g/mol. The molecule has 150 valence electrons. The van der Waals surface area contributed by atoms with Crippen LogP contribution in [0.4, 0.5) is 0 Å². The lowest BCUT2D eigenvalue weighted by Gasteiger charge is -2.08. The van der Waals surface area contributed by atoms with Gasteiger partial charge in [-0.2, -0.15) is 0 Å². The van der Waals surface area contributed by atoms with Gasteiger partial charge in [-0.05, 0) is 42.5 Å². The molecule has 3 aromatic heterocycles. The van der Waals surface area contributed by atoms with Crippen molar-refractivity contribution in [1.82, 2.24) is 35.3 Å². The molecule has 0 aliphatic heterocycles. The van der Waals surface area contributed by atoms with Crippen molar-refractivity contribution in [2.24, 2.45) is 0 Å². The lowest BCUT2D eigenvalue weighted by molar-refractivity contribution is 0.0944. The van der Waals surface area contributed by atoms with E-state index in [0.29, 0.717) is 28.2 Å². The second-order valence-corrected chi connectivity index (χ2v) is 7.48. The third-order valence-electron chi connectivity index (χ3n) is 4.09. The van der Waals surface area contributed by atoms with E-state index in [0.717, 1.165) is 11.4 Å². The largest absolute Gasteiger partial charge is 0.345 e. The molecule has 4 rings (SSSR count). The number of amides is 1. The third kappa shape index (κ3) is 4.81. The molecule has 30 heavy (non-hydrogen) atoms. The van der Waals surface area contributed by atoms with Crippen LogP contribution in [0.2, 0.25) is 5.02 Å². The fourth-order valence-corrected chi connectivity index (χ4v) is 3.57. The molecule has 1 amide bonds. The van der Waals surface area contributed by atoms with Crippen molar-refractivity contribution in [2.45, 2.75) is 17.5 Å². The molecule has 0 atom stereocenters. The van der Waals surface area contributed by atoms with Crippen molar-refractivity contribution in [3.63, 3.8) is 0 Å². The first-order chi connectivity index (χ1) is 14.7. The lowest BCUT2D eigenvalue weighted by Crippen LogP contribution is -2.25. The Bertz CT molecular complexity index is 1120. The van der Waals surface area contributed by atoms with Gasteiger partial charge in [-0.1, -0.05) is 34.6 Å². The predicted molar refractivity (Wildman–Crippen MR) is 113 cm³/mol. The summed E-state index contributed by atoms with van der Waals surface area (Å²) in [4.78, 5) is 25.5. The van der Waals surface area contributed by atoms with Crippen molar-refractivity contribution < 1.29 is 4.79 Å². The maximum absolute atomic E-state index is 12.8. The summed E-state index contributed by atoms with van der Waals surface area (Å²) in [6.45, 7) is 0.294. The van der Waals surface area contributed by atoms with E-state index in [2.05, 4.69) is 30.6 Å². The molecule has 4 aromatic rings. The maximum atomic E-state index is 12.8. The van der Waals surface area contributed by atoms with Gasteiger partial charge in [0.05, 0.1) is 23.6 Å². The number of benzene rings is 1. The summed E-state index contributed by atoms with van der Waals surface area (Å²) in [5, 5.41) is 12.4. The average Bonchev–Trinajstić information content (AvgIpc) is 3.22. The molecule has 0 saturated heterocycles. The minimum absolute atomic E-state index is 0.240. The summed E-state index contributed by atoms with van der Waals surface area (Å²) < 4.78 is 1.63. The highest BCUT2D eigenvalue weighted by atomic mass is 35.5. The monoisotopic (exact) mass is 437 g/mol. The first-order valence-electron chi connectivity index (χ1n) is 8.99. The highest BCUT2D eigenvalue weighted by Gasteiger charge is 2.21. The number of rotatable bonds is 7. The molecule has 0 aliphatic rings. The van der Waals surface area contributed by atoms with Gasteiger partial charge in [0.15, 0.2) is 10.9 Å². The van der Waals surface area contributed by atoms with Gasteiger partial charge in [-0.15, -0.1) is 5.10 Å². The van der Waals surface area contributed by atoms with Gasteiger partial charge in [0, 0.05) is 29.4 Å². The van der Waals surface area contributed by atoms with E-state index >= 15 is 0 Å². The fraction of sp³-hybridized carbons (Fsp3) is 0.100. The van der Waals surface area contributed by atoms with Crippen LogP contribution in [0.5, 0.6) is 0 Å². The summed E-state index contributed by atoms with van der Waals surface area (Å²) in [6, 6.07) is 14.4. The van der Waals surface area contributed by atoms with Crippen molar-refractivity contribution in [3.05, 3.63) is 89.2 Å². The molecule has 8 nitrogen and oxygen atoms in total. The molecule has 1 N–H and O–H groups in total. The lowest BCUT2D eigenvalue weighted by atomic mass is 10.2. The summed E-state index contributed by atoms with van der Waals surface area (Å²) in [5.41, 5.74) is 2.38. The molecule has 1 aromatic carbocycles. The van der Waals surface area contributed by atoms with Crippen molar-refractivity contribution >= 4 is 29.3 Å². The number of carbonyl (C=O) groups excluding carboxylic acids is 1. The second kappa shape index (κ2) is 9.47. The van der Waals surface area contributed by atoms with Crippen LogP contribution in [-0.2, 0) is 12.3 Å². The number of halogens is 1. The Labute approximate surface area is 181 Å². The molecular formula is C20H16ClN7OS. The molecule has 0 spiro atoms. The molecule has 0 saturated carbocycles. The zero-order chi connectivity index (χ0) is 20.8. The Hall–Kier alpha value is -3.30. The number of hydrogen-bond donors (Lipinski definition) is 1. The van der Waals surface area contributed by atoms with Crippen LogP contribution in [0.15, 0.2) is 72.3 Å². The highest BCUT2D eigenvalue weighted by Crippen LogP contribution is 2.23. The van der Waals surface area contributed by atoms with Gasteiger partial charge in [0.2, 0.25) is 0 Å². The van der Waals surface area contributed by atoms with Gasteiger partial charge in [0.25, 0.3) is 5.91 Å². The predicted octanol–water partition coefficient (Wildman–Crippen LogP) is 3.33. The number of nitrogens with zero attached hydrogens (tertiary/aromatic N) is 6. The Morgan fingerprint density at radius 2 is 1.77 bits per heavy atom. The van der Waals surface area contributed by atoms with E-state index in [1.54, 1.807) is 41.5 Å². The standard InChI is InChI=1S/C20H16ClN7OS/c21-14-5-7-16(8-6-14)28-17(13-30-20-23-10-3-11-24-20)18(26-27-28)19(29)25-12-15-4-1-2-9-22-15/h1-11H,12-13H2,(H,25,29). The molecule has 10 heteroatoms. The summed E-state index contributed by atoms with van der Waals surface area (Å²) in [5.74, 6) is 0.0804. The van der Waals surface area contributed by atoms with E-state index in [4.69, 9.17) is 11.6 Å². The van der Waals surface area contributed by atoms with Crippen LogP contribution < -0.4 is 5.32 Å². The zero-order valence-electron chi connectivity index (χ0n) is 15.6. The van der Waals surface area contributed by atoms with E-state index in [1.165, 1.54) is 11.8 Å². The van der Waals surface area contributed by atoms with Crippen LogP contribution in [-0.4, -0.2) is 35.9 Å². The zero-order valence-corrected chi connectivity index (χ0v) is 17.2. The van der Waals surface area contributed by atoms with Crippen molar-refractivity contribution in [3.8, 4) is 5.69 Å². The summed E-state index contributed by atoms with van der Waals surface area (Å²) >= 11 is 7.39. The van der Waals surface area contributed by atoms with Gasteiger partial charge in [-0.3, -0.25) is 9.78 Å². The van der Waals surface area contributed by atoms with E-state index in [-0.39, 0.29) is 11.6 Å². The first kappa shape index (κ1) is 20.0. The van der Waals surface area contributed by atoms with Crippen LogP contribution in [0, 0.1) is 0 Å². The van der Waals surface area contributed by atoms with Crippen LogP contribution >= 0.6 is 23.4 Å². The Morgan fingerprint density at radius 3 is 2.50 bits per heavy atom. The van der Waals surface area contributed by atoms with E-state index < -0.39 is 0 Å². The molecular weight excluding hydrogens is 422 g/mol. The van der Waals surface area contributed by atoms with Crippen LogP contribution in [0.25, 0.3) is 5.69 Å². The van der Waals surface area contributed by atoms with Gasteiger partial charge in [-0.25, -0.2) is 14.6 Å². The minimum atomic E-state index is -0.328. The Kier molecular flexibility index (Phi) is 6.31. The number of hydrogen-bond acceptors (Lipinski definition) is 7. The van der Waals surface area contributed by atoms with Gasteiger partial charge < -0.3 is 5.32 Å². The number of nitrogens with one attached hydrogen (secondary N) is 1. The smallest absolute Gasteiger partial charge is 0.274 e. The molecule has 0 unspecified atom stereocenters. The number of carbonyl (C=O) groups is 1. The van der Waals surface area contributed by atoms with Crippen LogP contribution in [0.3, 0.4) is 0 Å². The van der Waals surface area contributed by atoms with E-state index in [9.17, 15) is 4.79 Å². The number of thioether (sulfide) groups is 1. The molecule has 3 heterocycles. The normalized spacial score (nSPS) is 10.7. The van der Waals surface area contributed by atoms with Crippen LogP contribution in [0.1, 0.15) is 21.9 Å². The van der Waals surface area contributed by atoms with Crippen molar-refractivity contribution in [1.29, 1.82) is 0 Å². The number of pyridine rings is 1. The molecule has 0 bridgehead atoms. The summed E-state index contributed by atoms with van der Waals surface area (Å²) in [6.07, 6.45) is 5.02. The Balaban J connectivity index is 1.60. The van der Waals surface area contributed by atoms with Crippen molar-refractivity contribution in [2.75, 3.05) is 0 Å². The van der Waals surface area contributed by atoms with E-state index in [1.807, 2.05) is 30.3 Å². The molecule has 0 aliphatic carbocycles. The topological polar surface area (TPSA) is 98.5 Å². The fourth-order valence-electron chi connectivity index (χ4n) is 2.65. The Morgan fingerprint density at radius 1 is 1.00 bits per heavy atom. The third-order valence-corrected chi connectivity index (χ3v) is 5.22. The summed E-state index contributed by atoms with van der Waals surface area (Å²) in [7, 11) is 0. The molecule has 0 radical (unpaired) electrons. The highest BCUT2D eigenvalue weighted by molar-refractivity contribution is 7.98. The number of aromatic nitrogens is 6. The molecule has 0 fully saturated rings.